The number of hydrogen-bond donors (Lipinski definition) is 0. The highest BCUT2D eigenvalue weighted by Gasteiger charge is 2.29. The fourth-order valence-electron chi connectivity index (χ4n) is 2.77. The molecular weight excluding hydrogens is 243 g/mol. The fourth-order valence-corrected chi connectivity index (χ4v) is 2.77. The average Bonchev–Trinajstić information content (AvgIpc) is 2.89. The Morgan fingerprint density at radius 2 is 2.16 bits per heavy atom. The molecule has 4 heteroatoms. The van der Waals surface area contributed by atoms with Crippen LogP contribution in [0.1, 0.15) is 30.6 Å². The standard InChI is InChI=1S/C15H21FN2O/c1-3-17(4-2)14-8-9-18(11-14)15(19)12-6-5-7-13(16)10-12/h5-7,10,14H,3-4,8-9,11H2,1-2H3. The van der Waals surface area contributed by atoms with Crippen molar-refractivity contribution in [3.63, 3.8) is 0 Å². The summed E-state index contributed by atoms with van der Waals surface area (Å²) in [5.41, 5.74) is 0.445. The van der Waals surface area contributed by atoms with Gasteiger partial charge in [0.05, 0.1) is 0 Å². The number of carbonyl (C=O) groups excluding carboxylic acids is 1. The van der Waals surface area contributed by atoms with Crippen LogP contribution >= 0.6 is 0 Å². The van der Waals surface area contributed by atoms with Crippen LogP contribution in [0.4, 0.5) is 4.39 Å². The van der Waals surface area contributed by atoms with E-state index in [9.17, 15) is 9.18 Å². The molecule has 1 aromatic carbocycles. The molecule has 1 heterocycles. The van der Waals surface area contributed by atoms with Gasteiger partial charge < -0.3 is 4.90 Å². The van der Waals surface area contributed by atoms with Gasteiger partial charge in [0.1, 0.15) is 5.82 Å². The lowest BCUT2D eigenvalue weighted by atomic mass is 10.2. The van der Waals surface area contributed by atoms with Crippen molar-refractivity contribution in [1.82, 2.24) is 9.80 Å². The maximum Gasteiger partial charge on any atom is 0.254 e. The minimum Gasteiger partial charge on any atom is -0.337 e. The summed E-state index contributed by atoms with van der Waals surface area (Å²) in [6, 6.07) is 6.37. The van der Waals surface area contributed by atoms with Crippen molar-refractivity contribution in [2.24, 2.45) is 0 Å². The number of nitrogens with zero attached hydrogens (tertiary/aromatic N) is 2. The molecule has 1 aromatic rings. The van der Waals surface area contributed by atoms with Gasteiger partial charge in [-0.1, -0.05) is 19.9 Å². The summed E-state index contributed by atoms with van der Waals surface area (Å²) in [4.78, 5) is 16.5. The molecule has 1 fully saturated rings. The zero-order valence-corrected chi connectivity index (χ0v) is 11.6. The van der Waals surface area contributed by atoms with Crippen molar-refractivity contribution in [2.75, 3.05) is 26.2 Å². The van der Waals surface area contributed by atoms with E-state index in [4.69, 9.17) is 0 Å². The molecule has 3 nitrogen and oxygen atoms in total. The zero-order chi connectivity index (χ0) is 13.8. The number of rotatable bonds is 4. The topological polar surface area (TPSA) is 23.6 Å². The second-order valence-corrected chi connectivity index (χ2v) is 4.93. The van der Waals surface area contributed by atoms with Crippen LogP contribution in [0, 0.1) is 5.82 Å². The van der Waals surface area contributed by atoms with Crippen LogP contribution in [0.15, 0.2) is 24.3 Å². The Morgan fingerprint density at radius 1 is 1.42 bits per heavy atom. The van der Waals surface area contributed by atoms with E-state index in [1.807, 2.05) is 4.90 Å². The Labute approximate surface area is 114 Å². The van der Waals surface area contributed by atoms with Crippen LogP contribution in [0.25, 0.3) is 0 Å². The van der Waals surface area contributed by atoms with Crippen LogP contribution in [0.5, 0.6) is 0 Å². The van der Waals surface area contributed by atoms with Crippen molar-refractivity contribution >= 4 is 5.91 Å². The SMILES string of the molecule is CCN(CC)C1CCN(C(=O)c2cccc(F)c2)C1. The Morgan fingerprint density at radius 3 is 2.79 bits per heavy atom. The Hall–Kier alpha value is -1.42. The first kappa shape index (κ1) is 14.0. The van der Waals surface area contributed by atoms with Crippen LogP contribution in [-0.4, -0.2) is 47.9 Å². The molecule has 1 saturated heterocycles. The van der Waals surface area contributed by atoms with E-state index in [1.165, 1.54) is 12.1 Å². The summed E-state index contributed by atoms with van der Waals surface area (Å²) in [6.07, 6.45) is 1.00. The number of amides is 1. The number of halogens is 1. The lowest BCUT2D eigenvalue weighted by Crippen LogP contribution is -2.38. The lowest BCUT2D eigenvalue weighted by Gasteiger charge is -2.26. The van der Waals surface area contributed by atoms with Gasteiger partial charge in [0.25, 0.3) is 5.91 Å². The van der Waals surface area contributed by atoms with Crippen LogP contribution in [0.3, 0.4) is 0 Å². The summed E-state index contributed by atoms with van der Waals surface area (Å²) in [6.45, 7) is 7.79. The summed E-state index contributed by atoms with van der Waals surface area (Å²) in [7, 11) is 0. The molecule has 0 N–H and O–H groups in total. The molecule has 0 bridgehead atoms. The van der Waals surface area contributed by atoms with Crippen molar-refractivity contribution in [2.45, 2.75) is 26.3 Å². The third-order valence-electron chi connectivity index (χ3n) is 3.85. The van der Waals surface area contributed by atoms with Crippen molar-refractivity contribution in [3.05, 3.63) is 35.6 Å². The van der Waals surface area contributed by atoms with E-state index in [1.54, 1.807) is 12.1 Å². The van der Waals surface area contributed by atoms with Crippen molar-refractivity contribution in [3.8, 4) is 0 Å². The van der Waals surface area contributed by atoms with Crippen LogP contribution < -0.4 is 0 Å². The van der Waals surface area contributed by atoms with Gasteiger partial charge in [0, 0.05) is 24.7 Å². The molecule has 1 aliphatic rings. The summed E-state index contributed by atoms with van der Waals surface area (Å²) < 4.78 is 13.1. The van der Waals surface area contributed by atoms with Crippen molar-refractivity contribution in [1.29, 1.82) is 0 Å². The monoisotopic (exact) mass is 264 g/mol. The molecule has 1 amide bonds. The molecule has 0 aliphatic carbocycles. The molecule has 1 atom stereocenters. The molecule has 2 rings (SSSR count). The maximum atomic E-state index is 13.1. The molecule has 0 spiro atoms. The molecule has 0 radical (unpaired) electrons. The van der Waals surface area contributed by atoms with Crippen molar-refractivity contribution < 1.29 is 9.18 Å². The van der Waals surface area contributed by atoms with Gasteiger partial charge in [0.2, 0.25) is 0 Å². The van der Waals surface area contributed by atoms with Gasteiger partial charge in [-0.25, -0.2) is 4.39 Å². The molecule has 0 saturated carbocycles. The number of carbonyl (C=O) groups is 1. The van der Waals surface area contributed by atoms with Gasteiger partial charge in [-0.05, 0) is 37.7 Å². The highest BCUT2D eigenvalue weighted by molar-refractivity contribution is 5.94. The normalized spacial score (nSPS) is 19.2. The second kappa shape index (κ2) is 6.15. The summed E-state index contributed by atoms with van der Waals surface area (Å²) in [5.74, 6) is -0.417. The van der Waals surface area contributed by atoms with Crippen LogP contribution in [-0.2, 0) is 0 Å². The van der Waals surface area contributed by atoms with E-state index in [0.717, 1.165) is 32.6 Å². The quantitative estimate of drug-likeness (QED) is 0.833. The summed E-state index contributed by atoms with van der Waals surface area (Å²) >= 11 is 0. The highest BCUT2D eigenvalue weighted by Crippen LogP contribution is 2.18. The fraction of sp³-hybridized carbons (Fsp3) is 0.533. The third-order valence-corrected chi connectivity index (χ3v) is 3.85. The predicted molar refractivity (Wildman–Crippen MR) is 73.6 cm³/mol. The molecule has 19 heavy (non-hydrogen) atoms. The minimum atomic E-state index is -0.356. The van der Waals surface area contributed by atoms with E-state index in [-0.39, 0.29) is 11.7 Å². The van der Waals surface area contributed by atoms with Gasteiger partial charge in [-0.3, -0.25) is 9.69 Å². The van der Waals surface area contributed by atoms with Gasteiger partial charge in [-0.15, -0.1) is 0 Å². The largest absolute Gasteiger partial charge is 0.337 e. The number of benzene rings is 1. The van der Waals surface area contributed by atoms with Gasteiger partial charge >= 0.3 is 0 Å². The van der Waals surface area contributed by atoms with E-state index in [2.05, 4.69) is 18.7 Å². The zero-order valence-electron chi connectivity index (χ0n) is 11.6. The third kappa shape index (κ3) is 3.13. The number of likely N-dealkylation sites (N-methyl/N-ethyl adjacent to an activating group) is 1. The van der Waals surface area contributed by atoms with Gasteiger partial charge in [0.15, 0.2) is 0 Å². The Bertz CT molecular complexity index is 446. The number of likely N-dealkylation sites (tertiary alicyclic amines) is 1. The van der Waals surface area contributed by atoms with Crippen LogP contribution in [0.2, 0.25) is 0 Å². The first-order chi connectivity index (χ1) is 9.15. The molecule has 104 valence electrons. The average molecular weight is 264 g/mol. The van der Waals surface area contributed by atoms with E-state index in [0.29, 0.717) is 11.6 Å². The molecule has 0 aromatic heterocycles. The predicted octanol–water partition coefficient (Wildman–Crippen LogP) is 2.38. The smallest absolute Gasteiger partial charge is 0.254 e. The second-order valence-electron chi connectivity index (χ2n) is 4.93. The lowest BCUT2D eigenvalue weighted by molar-refractivity contribution is 0.0777. The molecule has 1 unspecified atom stereocenters. The highest BCUT2D eigenvalue weighted by atomic mass is 19.1. The molecular formula is C15H21FN2O. The van der Waals surface area contributed by atoms with E-state index >= 15 is 0 Å². The molecule has 1 aliphatic heterocycles. The number of hydrogen-bond acceptors (Lipinski definition) is 2. The van der Waals surface area contributed by atoms with E-state index < -0.39 is 0 Å². The minimum absolute atomic E-state index is 0.0610. The Balaban J connectivity index is 2.02. The first-order valence-corrected chi connectivity index (χ1v) is 6.94. The maximum absolute atomic E-state index is 13.1. The first-order valence-electron chi connectivity index (χ1n) is 6.94. The Kier molecular flexibility index (Phi) is 4.53. The van der Waals surface area contributed by atoms with Gasteiger partial charge in [-0.2, -0.15) is 0 Å². The summed E-state index contributed by atoms with van der Waals surface area (Å²) in [5, 5.41) is 0.